The van der Waals surface area contributed by atoms with Gasteiger partial charge in [0.25, 0.3) is 0 Å². The molecule has 0 radical (unpaired) electrons. The molecule has 9 heteroatoms. The van der Waals surface area contributed by atoms with E-state index in [-0.39, 0.29) is 5.69 Å². The Balaban J connectivity index is 1.34. The average Bonchev–Trinajstić information content (AvgIpc) is 2.85. The van der Waals surface area contributed by atoms with Crippen molar-refractivity contribution < 1.29 is 18.7 Å². The predicted molar refractivity (Wildman–Crippen MR) is 130 cm³/mol. The van der Waals surface area contributed by atoms with Gasteiger partial charge < -0.3 is 25.4 Å². The van der Waals surface area contributed by atoms with E-state index in [4.69, 9.17) is 9.47 Å². The maximum atomic E-state index is 13.7. The molecule has 1 aromatic heterocycles. The number of rotatable bonds is 8. The Morgan fingerprint density at radius 2 is 1.68 bits per heavy atom. The average molecular weight is 461 g/mol. The molecule has 0 fully saturated rings. The third kappa shape index (κ3) is 5.32. The zero-order valence-electron chi connectivity index (χ0n) is 18.8. The van der Waals surface area contributed by atoms with Crippen molar-refractivity contribution in [2.24, 2.45) is 0 Å². The molecule has 1 heterocycles. The molecular weight excluding hydrogens is 437 g/mol. The van der Waals surface area contributed by atoms with Gasteiger partial charge in [0.1, 0.15) is 18.0 Å². The Morgan fingerprint density at radius 1 is 0.941 bits per heavy atom. The summed E-state index contributed by atoms with van der Waals surface area (Å²) in [7, 11) is 3.17. The van der Waals surface area contributed by atoms with Crippen LogP contribution in [0.5, 0.6) is 11.5 Å². The number of nitrogens with zero attached hydrogens (tertiary/aromatic N) is 2. The number of urea groups is 1. The Kier molecular flexibility index (Phi) is 7.02. The third-order valence-corrected chi connectivity index (χ3v) is 5.18. The maximum absolute atomic E-state index is 13.7. The van der Waals surface area contributed by atoms with Gasteiger partial charge in [-0.15, -0.1) is 0 Å². The molecule has 0 saturated carbocycles. The molecule has 4 aromatic rings. The van der Waals surface area contributed by atoms with Gasteiger partial charge in [-0.25, -0.2) is 19.2 Å². The highest BCUT2D eigenvalue weighted by atomic mass is 19.1. The number of hydrogen-bond acceptors (Lipinski definition) is 6. The zero-order valence-corrected chi connectivity index (χ0v) is 18.8. The summed E-state index contributed by atoms with van der Waals surface area (Å²) in [6, 6.07) is 16.6. The van der Waals surface area contributed by atoms with E-state index in [2.05, 4.69) is 25.9 Å². The molecule has 0 atom stereocenters. The van der Waals surface area contributed by atoms with E-state index in [1.165, 1.54) is 18.5 Å². The number of amides is 2. The summed E-state index contributed by atoms with van der Waals surface area (Å²) in [4.78, 5) is 20.8. The second-order valence-corrected chi connectivity index (χ2v) is 7.38. The standard InChI is InChI=1S/C25H24FN5O3/c1-33-22-13-18-21(14-23(22)34-2)28-15-29-24(18)27-12-11-16-7-9-17(10-8-16)30-25(32)31-20-6-4-3-5-19(20)26/h3-10,13-15H,11-12H2,1-2H3,(H,27,28,29)(H2,30,31,32). The van der Waals surface area contributed by atoms with Crippen molar-refractivity contribution in [2.75, 3.05) is 36.7 Å². The molecule has 2 amide bonds. The number of para-hydroxylation sites is 1. The first-order chi connectivity index (χ1) is 16.6. The monoisotopic (exact) mass is 461 g/mol. The van der Waals surface area contributed by atoms with Crippen LogP contribution in [0.4, 0.5) is 26.4 Å². The first kappa shape index (κ1) is 22.8. The van der Waals surface area contributed by atoms with Crippen LogP contribution in [0.15, 0.2) is 67.0 Å². The van der Waals surface area contributed by atoms with Gasteiger partial charge in [0.05, 0.1) is 25.4 Å². The maximum Gasteiger partial charge on any atom is 0.323 e. The molecule has 0 unspecified atom stereocenters. The molecule has 0 aliphatic rings. The fourth-order valence-electron chi connectivity index (χ4n) is 3.45. The Bertz CT molecular complexity index is 1300. The van der Waals surface area contributed by atoms with Crippen LogP contribution in [0.1, 0.15) is 5.56 Å². The minimum absolute atomic E-state index is 0.121. The first-order valence-electron chi connectivity index (χ1n) is 10.6. The van der Waals surface area contributed by atoms with E-state index < -0.39 is 11.8 Å². The Morgan fingerprint density at radius 3 is 2.41 bits per heavy atom. The van der Waals surface area contributed by atoms with Crippen LogP contribution in [0.2, 0.25) is 0 Å². The van der Waals surface area contributed by atoms with Crippen LogP contribution >= 0.6 is 0 Å². The van der Waals surface area contributed by atoms with Gasteiger partial charge in [-0.2, -0.15) is 0 Å². The van der Waals surface area contributed by atoms with Crippen molar-refractivity contribution in [3.63, 3.8) is 0 Å². The molecular formula is C25H24FN5O3. The third-order valence-electron chi connectivity index (χ3n) is 5.18. The summed E-state index contributed by atoms with van der Waals surface area (Å²) in [6.45, 7) is 0.640. The van der Waals surface area contributed by atoms with Crippen LogP contribution in [0, 0.1) is 5.82 Å². The van der Waals surface area contributed by atoms with Crippen molar-refractivity contribution in [1.29, 1.82) is 0 Å². The normalized spacial score (nSPS) is 10.6. The molecule has 174 valence electrons. The van der Waals surface area contributed by atoms with Crippen LogP contribution in [-0.4, -0.2) is 36.8 Å². The second-order valence-electron chi connectivity index (χ2n) is 7.38. The molecule has 34 heavy (non-hydrogen) atoms. The molecule has 0 saturated heterocycles. The van der Waals surface area contributed by atoms with Gasteiger partial charge in [-0.3, -0.25) is 0 Å². The summed E-state index contributed by atoms with van der Waals surface area (Å²) >= 11 is 0. The van der Waals surface area contributed by atoms with Gasteiger partial charge in [-0.1, -0.05) is 24.3 Å². The molecule has 0 bridgehead atoms. The van der Waals surface area contributed by atoms with Gasteiger partial charge in [0.2, 0.25) is 0 Å². The van der Waals surface area contributed by atoms with Gasteiger partial charge in [-0.05, 0) is 42.3 Å². The number of benzene rings is 3. The highest BCUT2D eigenvalue weighted by Crippen LogP contribution is 2.33. The van der Waals surface area contributed by atoms with Gasteiger partial charge in [0.15, 0.2) is 11.5 Å². The number of ether oxygens (including phenoxy) is 2. The lowest BCUT2D eigenvalue weighted by molar-refractivity contribution is 0.262. The summed E-state index contributed by atoms with van der Waals surface area (Å²) in [6.07, 6.45) is 2.24. The zero-order chi connectivity index (χ0) is 23.9. The molecule has 3 aromatic carbocycles. The Hall–Kier alpha value is -4.40. The van der Waals surface area contributed by atoms with E-state index in [0.29, 0.717) is 29.5 Å². The molecule has 4 rings (SSSR count). The van der Waals surface area contributed by atoms with Crippen molar-refractivity contribution in [1.82, 2.24) is 9.97 Å². The minimum Gasteiger partial charge on any atom is -0.493 e. The minimum atomic E-state index is -0.512. The smallest absolute Gasteiger partial charge is 0.323 e. The van der Waals surface area contributed by atoms with Gasteiger partial charge in [0, 0.05) is 23.7 Å². The fraction of sp³-hybridized carbons (Fsp3) is 0.160. The summed E-state index contributed by atoms with van der Waals surface area (Å²) < 4.78 is 24.4. The molecule has 0 aliphatic heterocycles. The van der Waals surface area contributed by atoms with Gasteiger partial charge >= 0.3 is 6.03 Å². The Labute approximate surface area is 196 Å². The number of halogens is 1. The number of anilines is 3. The number of hydrogen-bond donors (Lipinski definition) is 3. The largest absolute Gasteiger partial charge is 0.493 e. The highest BCUT2D eigenvalue weighted by Gasteiger charge is 2.11. The fourth-order valence-corrected chi connectivity index (χ4v) is 3.45. The van der Waals surface area contributed by atoms with Crippen LogP contribution in [0.25, 0.3) is 10.9 Å². The quantitative estimate of drug-likeness (QED) is 0.338. The topological polar surface area (TPSA) is 97.4 Å². The lowest BCUT2D eigenvalue weighted by Gasteiger charge is -2.12. The van der Waals surface area contributed by atoms with Crippen LogP contribution in [0.3, 0.4) is 0 Å². The van der Waals surface area contributed by atoms with E-state index in [0.717, 1.165) is 22.9 Å². The number of carbonyl (C=O) groups is 1. The van der Waals surface area contributed by atoms with Crippen LogP contribution < -0.4 is 25.4 Å². The number of fused-ring (bicyclic) bond motifs is 1. The molecule has 0 aliphatic carbocycles. The number of nitrogens with one attached hydrogen (secondary N) is 3. The van der Waals surface area contributed by atoms with Crippen molar-refractivity contribution in [2.45, 2.75) is 6.42 Å². The van der Waals surface area contributed by atoms with Crippen molar-refractivity contribution in [3.8, 4) is 11.5 Å². The number of methoxy groups -OCH3 is 2. The summed E-state index contributed by atoms with van der Waals surface area (Å²) in [5.74, 6) is 1.43. The van der Waals surface area contributed by atoms with E-state index in [1.807, 2.05) is 24.3 Å². The molecule has 3 N–H and O–H groups in total. The van der Waals surface area contributed by atoms with Crippen molar-refractivity contribution >= 4 is 34.1 Å². The van der Waals surface area contributed by atoms with Crippen LogP contribution in [-0.2, 0) is 6.42 Å². The number of carbonyl (C=O) groups excluding carboxylic acids is 1. The summed E-state index contributed by atoms with van der Waals surface area (Å²) in [5.41, 5.74) is 2.55. The van der Waals surface area contributed by atoms with E-state index in [9.17, 15) is 9.18 Å². The number of aromatic nitrogens is 2. The molecule has 8 nitrogen and oxygen atoms in total. The first-order valence-corrected chi connectivity index (χ1v) is 10.6. The highest BCUT2D eigenvalue weighted by molar-refractivity contribution is 5.99. The van der Waals surface area contributed by atoms with E-state index >= 15 is 0 Å². The van der Waals surface area contributed by atoms with Crippen molar-refractivity contribution in [3.05, 3.63) is 78.4 Å². The predicted octanol–water partition coefficient (Wildman–Crippen LogP) is 5.08. The SMILES string of the molecule is COc1cc2ncnc(NCCc3ccc(NC(=O)Nc4ccccc4F)cc3)c2cc1OC. The second kappa shape index (κ2) is 10.5. The molecule has 0 spiro atoms. The van der Waals surface area contributed by atoms with E-state index in [1.54, 1.807) is 38.5 Å². The summed E-state index contributed by atoms with van der Waals surface area (Å²) in [5, 5.41) is 9.36. The lowest BCUT2D eigenvalue weighted by Crippen LogP contribution is -2.20. The lowest BCUT2D eigenvalue weighted by atomic mass is 10.1.